The molecule has 3 N–H and O–H groups in total. The lowest BCUT2D eigenvalue weighted by atomic mass is 9.87. The van der Waals surface area contributed by atoms with Crippen molar-refractivity contribution in [1.82, 2.24) is 14.8 Å². The minimum absolute atomic E-state index is 0.00807. The van der Waals surface area contributed by atoms with Gasteiger partial charge in [-0.15, -0.1) is 0 Å². The fourth-order valence-corrected chi connectivity index (χ4v) is 6.04. The molecule has 38 heavy (non-hydrogen) atoms. The van der Waals surface area contributed by atoms with Crippen LogP contribution in [0.4, 0.5) is 18.9 Å². The number of benzene rings is 2. The van der Waals surface area contributed by atoms with Crippen molar-refractivity contribution in [3.05, 3.63) is 77.1 Å². The van der Waals surface area contributed by atoms with Crippen LogP contribution in [0, 0.1) is 11.6 Å². The van der Waals surface area contributed by atoms with Crippen molar-refractivity contribution in [2.75, 3.05) is 31.6 Å². The molecule has 0 aliphatic carbocycles. The maximum Gasteiger partial charge on any atom is 0.133 e. The monoisotopic (exact) mass is 526 g/mol. The van der Waals surface area contributed by atoms with E-state index in [-0.39, 0.29) is 24.3 Å². The first-order valence-electron chi connectivity index (χ1n) is 13.5. The van der Waals surface area contributed by atoms with Gasteiger partial charge in [-0.2, -0.15) is 0 Å². The number of para-hydroxylation sites is 1. The molecule has 0 radical (unpaired) electrons. The second kappa shape index (κ2) is 11.0. The first-order valence-corrected chi connectivity index (χ1v) is 13.5. The van der Waals surface area contributed by atoms with Crippen molar-refractivity contribution < 1.29 is 18.3 Å². The molecule has 8 heteroatoms. The number of allylic oxidation sites excluding steroid dienone is 1. The molecule has 2 aliphatic rings. The summed E-state index contributed by atoms with van der Waals surface area (Å²) in [5, 5.41) is 14.2. The molecule has 3 aromatic rings. The van der Waals surface area contributed by atoms with E-state index in [1.807, 2.05) is 29.2 Å². The maximum absolute atomic E-state index is 15.9. The number of likely N-dealkylation sites (tertiary alicyclic amines) is 1. The maximum atomic E-state index is 15.9. The van der Waals surface area contributed by atoms with Crippen molar-refractivity contribution >= 4 is 16.6 Å². The minimum Gasteiger partial charge on any atom is -0.393 e. The van der Waals surface area contributed by atoms with Gasteiger partial charge in [-0.25, -0.2) is 8.78 Å². The Balaban J connectivity index is 1.49. The summed E-state index contributed by atoms with van der Waals surface area (Å²) >= 11 is 0. The number of nitrogens with zero attached hydrogens (tertiary/aromatic N) is 2. The summed E-state index contributed by atoms with van der Waals surface area (Å²) in [6, 6.07) is 10.0. The van der Waals surface area contributed by atoms with Crippen molar-refractivity contribution in [1.29, 1.82) is 0 Å². The smallest absolute Gasteiger partial charge is 0.133 e. The van der Waals surface area contributed by atoms with Gasteiger partial charge in [0.15, 0.2) is 0 Å². The Hall–Kier alpha value is -2.97. The van der Waals surface area contributed by atoms with Gasteiger partial charge in [0.1, 0.15) is 17.7 Å². The number of nitrogens with one attached hydrogen (secondary N) is 2. The Morgan fingerprint density at radius 3 is 2.61 bits per heavy atom. The van der Waals surface area contributed by atoms with Crippen LogP contribution in [0.3, 0.4) is 0 Å². The van der Waals surface area contributed by atoms with Gasteiger partial charge in [0, 0.05) is 53.7 Å². The number of halogens is 3. The highest BCUT2D eigenvalue weighted by Crippen LogP contribution is 2.45. The summed E-state index contributed by atoms with van der Waals surface area (Å²) < 4.78 is 44.2. The van der Waals surface area contributed by atoms with Crippen LogP contribution in [0.2, 0.25) is 0 Å². The van der Waals surface area contributed by atoms with Crippen LogP contribution < -0.4 is 5.32 Å². The summed E-state index contributed by atoms with van der Waals surface area (Å²) in [6.07, 6.45) is 1.77. The molecule has 204 valence electrons. The number of aliphatic hydroxyl groups is 1. The third-order valence-electron chi connectivity index (χ3n) is 7.88. The number of rotatable bonds is 10. The Morgan fingerprint density at radius 2 is 1.92 bits per heavy atom. The third kappa shape index (κ3) is 5.16. The lowest BCUT2D eigenvalue weighted by Crippen LogP contribution is -2.54. The number of anilines is 1. The van der Waals surface area contributed by atoms with Gasteiger partial charge in [-0.3, -0.25) is 9.29 Å². The number of aromatic nitrogens is 1. The van der Waals surface area contributed by atoms with E-state index in [0.717, 1.165) is 40.9 Å². The van der Waals surface area contributed by atoms with Gasteiger partial charge in [0.2, 0.25) is 0 Å². The molecule has 0 unspecified atom stereocenters. The van der Waals surface area contributed by atoms with Crippen molar-refractivity contribution in [2.24, 2.45) is 0 Å². The topological polar surface area (TPSA) is 54.5 Å². The highest BCUT2D eigenvalue weighted by molar-refractivity contribution is 5.85. The lowest BCUT2D eigenvalue weighted by molar-refractivity contribution is 0.155. The number of aliphatic hydroxyl groups excluding tert-OH is 1. The predicted octanol–water partition coefficient (Wildman–Crippen LogP) is 5.91. The summed E-state index contributed by atoms with van der Waals surface area (Å²) in [5.74, 6) is -1.23. The van der Waals surface area contributed by atoms with E-state index in [4.69, 9.17) is 0 Å². The average molecular weight is 527 g/mol. The molecule has 0 bridgehead atoms. The number of alkyl halides is 1. The molecule has 1 saturated heterocycles. The van der Waals surface area contributed by atoms with Crippen LogP contribution in [0.25, 0.3) is 10.9 Å². The Bertz CT molecular complexity index is 1280. The largest absolute Gasteiger partial charge is 0.393 e. The molecule has 1 aromatic heterocycles. The van der Waals surface area contributed by atoms with E-state index >= 15 is 8.78 Å². The number of H-pyrrole nitrogens is 1. The Morgan fingerprint density at radius 1 is 1.21 bits per heavy atom. The van der Waals surface area contributed by atoms with E-state index in [1.165, 1.54) is 12.1 Å². The summed E-state index contributed by atoms with van der Waals surface area (Å²) in [7, 11) is 0. The molecule has 5 nitrogen and oxygen atoms in total. The zero-order valence-corrected chi connectivity index (χ0v) is 22.1. The van der Waals surface area contributed by atoms with Gasteiger partial charge in [0.25, 0.3) is 0 Å². The van der Waals surface area contributed by atoms with E-state index in [2.05, 4.69) is 28.7 Å². The van der Waals surface area contributed by atoms with Crippen LogP contribution >= 0.6 is 0 Å². The van der Waals surface area contributed by atoms with Gasteiger partial charge in [-0.05, 0) is 63.3 Å². The molecule has 2 aromatic carbocycles. The molecular weight excluding hydrogens is 489 g/mol. The van der Waals surface area contributed by atoms with E-state index in [1.54, 1.807) is 6.92 Å². The number of fused-ring (bicyclic) bond motifs is 3. The van der Waals surface area contributed by atoms with Crippen LogP contribution in [0.15, 0.2) is 48.7 Å². The third-order valence-corrected chi connectivity index (χ3v) is 7.88. The summed E-state index contributed by atoms with van der Waals surface area (Å²) in [5.41, 5.74) is 3.93. The number of hydrogen-bond donors (Lipinski definition) is 3. The standard InChI is InChI=1S/C30H37F3N4O/c1-18(9-10-20(3)38)37-19(2)13-24-23-7-4-5-8-27(23)35-29(24)30(37)28-25(32)14-21(15-26(28)33)34-22-16-36(17-22)12-6-11-31/h4-5,7-8,14-15,19-20,22,30,34-35,38H,1,6,9-13,16-17H2,2-3H3/t19-,20-,30-/m1/s1. The second-order valence-electron chi connectivity index (χ2n) is 10.9. The molecule has 0 amide bonds. The molecule has 0 saturated carbocycles. The second-order valence-corrected chi connectivity index (χ2v) is 10.9. The lowest BCUT2D eigenvalue weighted by Gasteiger charge is -2.44. The minimum atomic E-state index is -0.711. The van der Waals surface area contributed by atoms with Crippen LogP contribution in [-0.2, 0) is 6.42 Å². The summed E-state index contributed by atoms with van der Waals surface area (Å²) in [4.78, 5) is 7.60. The molecule has 2 aliphatic heterocycles. The first-order chi connectivity index (χ1) is 18.3. The Kier molecular flexibility index (Phi) is 7.73. The molecule has 3 atom stereocenters. The van der Waals surface area contributed by atoms with Crippen LogP contribution in [0.5, 0.6) is 0 Å². The highest BCUT2D eigenvalue weighted by Gasteiger charge is 2.39. The van der Waals surface area contributed by atoms with Crippen molar-refractivity contribution in [3.8, 4) is 0 Å². The van der Waals surface area contributed by atoms with Crippen LogP contribution in [0.1, 0.15) is 56.0 Å². The van der Waals surface area contributed by atoms with Gasteiger partial charge in [0.05, 0.1) is 24.4 Å². The molecule has 0 spiro atoms. The number of aromatic amines is 1. The predicted molar refractivity (Wildman–Crippen MR) is 146 cm³/mol. The molecule has 1 fully saturated rings. The highest BCUT2D eigenvalue weighted by atomic mass is 19.1. The van der Waals surface area contributed by atoms with E-state index in [9.17, 15) is 9.50 Å². The zero-order valence-electron chi connectivity index (χ0n) is 22.1. The fraction of sp³-hybridized carbons (Fsp3) is 0.467. The number of hydrogen-bond acceptors (Lipinski definition) is 4. The van der Waals surface area contributed by atoms with Gasteiger partial charge in [-0.1, -0.05) is 24.8 Å². The molecular formula is C30H37F3N4O. The summed E-state index contributed by atoms with van der Waals surface area (Å²) in [6.45, 7) is 9.87. The zero-order chi connectivity index (χ0) is 27.0. The van der Waals surface area contributed by atoms with E-state index in [0.29, 0.717) is 37.9 Å². The first kappa shape index (κ1) is 26.6. The average Bonchev–Trinajstić information content (AvgIpc) is 3.21. The van der Waals surface area contributed by atoms with E-state index < -0.39 is 23.8 Å². The van der Waals surface area contributed by atoms with Crippen molar-refractivity contribution in [3.63, 3.8) is 0 Å². The fourth-order valence-electron chi connectivity index (χ4n) is 6.04. The molecule has 3 heterocycles. The quantitative estimate of drug-likeness (QED) is 0.307. The Labute approximate surface area is 222 Å². The SMILES string of the molecule is C=C(CC[C@@H](C)O)N1[C@H](c2c(F)cc(NC3CN(CCCF)C3)cc2F)c2[nH]c3ccccc3c2C[C@H]1C. The van der Waals surface area contributed by atoms with Gasteiger partial charge < -0.3 is 20.3 Å². The van der Waals surface area contributed by atoms with Gasteiger partial charge >= 0.3 is 0 Å². The molecule has 5 rings (SSSR count). The normalized spacial score (nSPS) is 20.8. The van der Waals surface area contributed by atoms with Crippen LogP contribution in [-0.4, -0.2) is 64.4 Å². The van der Waals surface area contributed by atoms with Crippen molar-refractivity contribution in [2.45, 2.75) is 63.8 Å².